The number of benzene rings is 2. The van der Waals surface area contributed by atoms with Crippen molar-refractivity contribution in [3.63, 3.8) is 0 Å². The number of aliphatic carboxylic acids is 1. The normalized spacial score (nSPS) is 10.9. The number of carbonyl (C=O) groups is 2. The van der Waals surface area contributed by atoms with E-state index in [-0.39, 0.29) is 12.3 Å². The van der Waals surface area contributed by atoms with Crippen molar-refractivity contribution in [3.8, 4) is 5.75 Å². The van der Waals surface area contributed by atoms with Gasteiger partial charge in [-0.3, -0.25) is 14.2 Å². The zero-order valence-electron chi connectivity index (χ0n) is 16.3. The zero-order chi connectivity index (χ0) is 20.1. The van der Waals surface area contributed by atoms with Crippen molar-refractivity contribution in [2.75, 3.05) is 6.61 Å². The quantitative estimate of drug-likeness (QED) is 0.569. The summed E-state index contributed by atoms with van der Waals surface area (Å²) in [4.78, 5) is 24.0. The van der Waals surface area contributed by atoms with Crippen molar-refractivity contribution >= 4 is 22.8 Å². The summed E-state index contributed by atoms with van der Waals surface area (Å²) >= 11 is 0. The van der Waals surface area contributed by atoms with Crippen molar-refractivity contribution < 1.29 is 19.4 Å². The first-order chi connectivity index (χ1) is 13.5. The van der Waals surface area contributed by atoms with Crippen LogP contribution < -0.4 is 4.74 Å². The summed E-state index contributed by atoms with van der Waals surface area (Å²) in [5.74, 6) is -0.177. The number of carbonyl (C=O) groups excluding carboxylic acids is 1. The lowest BCUT2D eigenvalue weighted by atomic mass is 10.1. The van der Waals surface area contributed by atoms with E-state index < -0.39 is 5.97 Å². The van der Waals surface area contributed by atoms with Crippen molar-refractivity contribution in [3.05, 3.63) is 65.4 Å². The van der Waals surface area contributed by atoms with E-state index in [1.165, 1.54) is 0 Å². The third-order valence-corrected chi connectivity index (χ3v) is 4.80. The Hall–Kier alpha value is -3.08. The molecular formula is C23H25NO4. The van der Waals surface area contributed by atoms with Crippen molar-refractivity contribution in [1.82, 2.24) is 4.57 Å². The predicted molar refractivity (Wildman–Crippen MR) is 109 cm³/mol. The van der Waals surface area contributed by atoms with Gasteiger partial charge in [-0.15, -0.1) is 0 Å². The molecule has 0 amide bonds. The number of carboxylic acid groups (broad SMARTS) is 1. The third kappa shape index (κ3) is 4.25. The standard InChI is InChI=1S/C23H25NO4/c1-3-4-14-28-19-11-8-18(9-12-19)23(27)24-16(2)15-20-17(10-13-22(25)26)6-5-7-21(20)24/h5-9,11-12,15H,3-4,10,13-14H2,1-2H3,(H,25,26). The van der Waals surface area contributed by atoms with Crippen LogP contribution in [0, 0.1) is 6.92 Å². The Labute approximate surface area is 164 Å². The highest BCUT2D eigenvalue weighted by atomic mass is 16.5. The number of rotatable bonds is 8. The molecule has 0 fully saturated rings. The number of unbranched alkanes of at least 4 members (excludes halogenated alkanes) is 1. The van der Waals surface area contributed by atoms with Gasteiger partial charge in [-0.25, -0.2) is 0 Å². The fourth-order valence-corrected chi connectivity index (χ4v) is 3.31. The van der Waals surface area contributed by atoms with Crippen LogP contribution in [-0.4, -0.2) is 28.2 Å². The second-order valence-corrected chi connectivity index (χ2v) is 6.90. The maximum atomic E-state index is 13.1. The molecule has 5 heteroatoms. The van der Waals surface area contributed by atoms with E-state index >= 15 is 0 Å². The van der Waals surface area contributed by atoms with Crippen molar-refractivity contribution in [1.29, 1.82) is 0 Å². The highest BCUT2D eigenvalue weighted by molar-refractivity contribution is 6.03. The minimum absolute atomic E-state index is 0.0663. The van der Waals surface area contributed by atoms with Crippen LogP contribution in [0.2, 0.25) is 0 Å². The molecule has 0 spiro atoms. The van der Waals surface area contributed by atoms with Gasteiger partial charge in [0, 0.05) is 23.1 Å². The van der Waals surface area contributed by atoms with E-state index in [1.807, 2.05) is 43.3 Å². The largest absolute Gasteiger partial charge is 0.494 e. The van der Waals surface area contributed by atoms with E-state index in [9.17, 15) is 9.59 Å². The smallest absolute Gasteiger partial charge is 0.303 e. The molecule has 0 aliphatic heterocycles. The third-order valence-electron chi connectivity index (χ3n) is 4.80. The predicted octanol–water partition coefficient (Wildman–Crippen LogP) is 4.83. The van der Waals surface area contributed by atoms with E-state index in [0.29, 0.717) is 18.6 Å². The van der Waals surface area contributed by atoms with Gasteiger partial charge in [0.25, 0.3) is 5.91 Å². The Morgan fingerprint density at radius 1 is 1.11 bits per heavy atom. The first kappa shape index (κ1) is 19.7. The van der Waals surface area contributed by atoms with Gasteiger partial charge in [0.15, 0.2) is 0 Å². The van der Waals surface area contributed by atoms with Crippen LogP contribution in [0.15, 0.2) is 48.5 Å². The average Bonchev–Trinajstić information content (AvgIpc) is 3.03. The first-order valence-corrected chi connectivity index (χ1v) is 9.60. The summed E-state index contributed by atoms with van der Waals surface area (Å²) in [5.41, 5.74) is 3.15. The van der Waals surface area contributed by atoms with Gasteiger partial charge >= 0.3 is 5.97 Å². The second kappa shape index (κ2) is 8.74. The van der Waals surface area contributed by atoms with Crippen LogP contribution in [-0.2, 0) is 11.2 Å². The summed E-state index contributed by atoms with van der Waals surface area (Å²) in [5, 5.41) is 9.89. The number of carboxylic acids is 1. The number of aromatic nitrogens is 1. The molecular weight excluding hydrogens is 354 g/mol. The summed E-state index contributed by atoms with van der Waals surface area (Å²) in [6, 6.07) is 14.8. The molecule has 0 bridgehead atoms. The average molecular weight is 379 g/mol. The van der Waals surface area contributed by atoms with Gasteiger partial charge in [0.2, 0.25) is 0 Å². The molecule has 0 radical (unpaired) electrons. The van der Waals surface area contributed by atoms with Gasteiger partial charge in [-0.05, 0) is 61.7 Å². The Balaban J connectivity index is 1.88. The minimum Gasteiger partial charge on any atom is -0.494 e. The zero-order valence-corrected chi connectivity index (χ0v) is 16.3. The first-order valence-electron chi connectivity index (χ1n) is 9.60. The van der Waals surface area contributed by atoms with Crippen LogP contribution in [0.4, 0.5) is 0 Å². The van der Waals surface area contributed by atoms with Gasteiger partial charge in [-0.2, -0.15) is 0 Å². The van der Waals surface area contributed by atoms with Crippen LogP contribution in [0.5, 0.6) is 5.75 Å². The number of hydrogen-bond donors (Lipinski definition) is 1. The fourth-order valence-electron chi connectivity index (χ4n) is 3.31. The molecule has 3 rings (SSSR count). The summed E-state index contributed by atoms with van der Waals surface area (Å²) in [6.45, 7) is 4.67. The maximum Gasteiger partial charge on any atom is 0.303 e. The number of fused-ring (bicyclic) bond motifs is 1. The van der Waals surface area contributed by atoms with E-state index in [1.54, 1.807) is 16.7 Å². The molecule has 1 N–H and O–H groups in total. The molecule has 1 aromatic heterocycles. The van der Waals surface area contributed by atoms with Crippen LogP contribution in [0.3, 0.4) is 0 Å². The molecule has 0 atom stereocenters. The van der Waals surface area contributed by atoms with Crippen molar-refractivity contribution in [2.24, 2.45) is 0 Å². The van der Waals surface area contributed by atoms with Gasteiger partial charge in [0.1, 0.15) is 5.75 Å². The van der Waals surface area contributed by atoms with Crippen LogP contribution in [0.25, 0.3) is 10.9 Å². The van der Waals surface area contributed by atoms with Gasteiger partial charge < -0.3 is 9.84 Å². The van der Waals surface area contributed by atoms with E-state index in [0.717, 1.165) is 40.8 Å². The Kier molecular flexibility index (Phi) is 6.14. The Morgan fingerprint density at radius 2 is 1.86 bits per heavy atom. The molecule has 146 valence electrons. The van der Waals surface area contributed by atoms with Crippen LogP contribution >= 0.6 is 0 Å². The van der Waals surface area contributed by atoms with Crippen molar-refractivity contribution in [2.45, 2.75) is 39.5 Å². The Morgan fingerprint density at radius 3 is 2.54 bits per heavy atom. The molecule has 0 aliphatic rings. The highest BCUT2D eigenvalue weighted by Crippen LogP contribution is 2.26. The monoisotopic (exact) mass is 379 g/mol. The van der Waals surface area contributed by atoms with Crippen LogP contribution in [0.1, 0.15) is 47.8 Å². The summed E-state index contributed by atoms with van der Waals surface area (Å²) in [6.07, 6.45) is 2.58. The minimum atomic E-state index is -0.828. The topological polar surface area (TPSA) is 68.5 Å². The fraction of sp³-hybridized carbons (Fsp3) is 0.304. The van der Waals surface area contributed by atoms with E-state index in [4.69, 9.17) is 9.84 Å². The number of ether oxygens (including phenoxy) is 1. The SMILES string of the molecule is CCCCOc1ccc(C(=O)n2c(C)cc3c(CCC(=O)O)cccc32)cc1. The second-order valence-electron chi connectivity index (χ2n) is 6.90. The molecule has 0 saturated carbocycles. The molecule has 1 heterocycles. The van der Waals surface area contributed by atoms with Gasteiger partial charge in [-0.1, -0.05) is 25.5 Å². The van der Waals surface area contributed by atoms with Gasteiger partial charge in [0.05, 0.1) is 12.1 Å². The molecule has 0 aliphatic carbocycles. The molecule has 5 nitrogen and oxygen atoms in total. The Bertz CT molecular complexity index is 986. The number of nitrogens with zero attached hydrogens (tertiary/aromatic N) is 1. The highest BCUT2D eigenvalue weighted by Gasteiger charge is 2.16. The molecule has 3 aromatic rings. The molecule has 0 saturated heterocycles. The molecule has 28 heavy (non-hydrogen) atoms. The summed E-state index contributed by atoms with van der Waals surface area (Å²) < 4.78 is 7.35. The number of hydrogen-bond acceptors (Lipinski definition) is 3. The molecule has 2 aromatic carbocycles. The molecule has 0 unspecified atom stereocenters. The number of aryl methyl sites for hydroxylation is 2. The summed E-state index contributed by atoms with van der Waals surface area (Å²) in [7, 11) is 0. The lowest BCUT2D eigenvalue weighted by molar-refractivity contribution is -0.136. The lowest BCUT2D eigenvalue weighted by Gasteiger charge is -2.09. The maximum absolute atomic E-state index is 13.1. The van der Waals surface area contributed by atoms with E-state index in [2.05, 4.69) is 6.92 Å². The lowest BCUT2D eigenvalue weighted by Crippen LogP contribution is -2.13.